The molecular formula is C27H27Cl2F2N3O6. The second kappa shape index (κ2) is 12.4. The van der Waals surface area contributed by atoms with Gasteiger partial charge in [-0.05, 0) is 56.7 Å². The summed E-state index contributed by atoms with van der Waals surface area (Å²) in [6.07, 6.45) is 4.62. The van der Waals surface area contributed by atoms with E-state index in [2.05, 4.69) is 15.6 Å². The van der Waals surface area contributed by atoms with E-state index >= 15 is 0 Å². The molecule has 3 fully saturated rings. The highest BCUT2D eigenvalue weighted by molar-refractivity contribution is 6.31. The van der Waals surface area contributed by atoms with Crippen LogP contribution in [0.3, 0.4) is 0 Å². The van der Waals surface area contributed by atoms with E-state index in [-0.39, 0.29) is 41.3 Å². The fraction of sp³-hybridized carbons (Fsp3) is 0.407. The molecular weight excluding hydrogens is 571 g/mol. The molecule has 40 heavy (non-hydrogen) atoms. The maximum atomic E-state index is 13.7. The average Bonchev–Trinajstić information content (AvgIpc) is 2.91. The Morgan fingerprint density at radius 3 is 2.33 bits per heavy atom. The van der Waals surface area contributed by atoms with Crippen molar-refractivity contribution in [1.29, 1.82) is 0 Å². The third-order valence-electron chi connectivity index (χ3n) is 6.96. The van der Waals surface area contributed by atoms with Crippen molar-refractivity contribution in [2.75, 3.05) is 19.8 Å². The molecule has 2 amide bonds. The van der Waals surface area contributed by atoms with Gasteiger partial charge in [-0.1, -0.05) is 23.2 Å². The van der Waals surface area contributed by atoms with Crippen LogP contribution in [0.4, 0.5) is 8.78 Å². The number of benzene rings is 1. The number of aromatic nitrogens is 1. The molecule has 0 unspecified atom stereocenters. The Labute approximate surface area is 239 Å². The summed E-state index contributed by atoms with van der Waals surface area (Å²) in [6.45, 7) is 1.07. The first-order valence-electron chi connectivity index (χ1n) is 12.5. The van der Waals surface area contributed by atoms with Crippen molar-refractivity contribution in [2.45, 2.75) is 50.1 Å². The highest BCUT2D eigenvalue weighted by atomic mass is 35.5. The van der Waals surface area contributed by atoms with E-state index in [1.165, 1.54) is 18.2 Å². The molecule has 2 bridgehead atoms. The summed E-state index contributed by atoms with van der Waals surface area (Å²) in [7, 11) is 0. The van der Waals surface area contributed by atoms with Crippen LogP contribution in [0.2, 0.25) is 10.0 Å². The van der Waals surface area contributed by atoms with Crippen LogP contribution in [0.1, 0.15) is 39.0 Å². The summed E-state index contributed by atoms with van der Waals surface area (Å²) in [6, 6.07) is 4.85. The van der Waals surface area contributed by atoms with Crippen molar-refractivity contribution >= 4 is 41.0 Å². The van der Waals surface area contributed by atoms with Gasteiger partial charge in [0.2, 0.25) is 5.88 Å². The molecule has 9 nitrogen and oxygen atoms in total. The van der Waals surface area contributed by atoms with E-state index in [0.29, 0.717) is 31.3 Å². The van der Waals surface area contributed by atoms with Gasteiger partial charge in [-0.25, -0.2) is 18.6 Å². The molecule has 13 heteroatoms. The van der Waals surface area contributed by atoms with E-state index in [1.54, 1.807) is 6.92 Å². The number of ether oxygens (including phenoxy) is 3. The van der Waals surface area contributed by atoms with Gasteiger partial charge in [0.15, 0.2) is 13.2 Å². The molecule has 3 saturated carbocycles. The number of rotatable bonds is 10. The van der Waals surface area contributed by atoms with Crippen molar-refractivity contribution in [3.05, 3.63) is 63.8 Å². The number of fused-ring (bicyclic) bond motifs is 3. The highest BCUT2D eigenvalue weighted by Gasteiger charge is 2.53. The summed E-state index contributed by atoms with van der Waals surface area (Å²) in [5.74, 6) is -2.80. The Morgan fingerprint density at radius 1 is 0.975 bits per heavy atom. The SMILES string of the molecule is CCOC(=O)/C=C1\CC2(NC(=O)COc3cc(F)c(Cl)cn3)CCC1(NC(=O)COc1ccc(Cl)c(F)c1)CC2. The number of halogens is 4. The van der Waals surface area contributed by atoms with Crippen LogP contribution in [0.5, 0.6) is 11.6 Å². The van der Waals surface area contributed by atoms with Gasteiger partial charge in [0.05, 0.1) is 28.4 Å². The van der Waals surface area contributed by atoms with Crippen LogP contribution in [0, 0.1) is 11.6 Å². The van der Waals surface area contributed by atoms with Crippen LogP contribution >= 0.6 is 23.2 Å². The molecule has 0 atom stereocenters. The van der Waals surface area contributed by atoms with Gasteiger partial charge in [-0.15, -0.1) is 0 Å². The number of carbonyl (C=O) groups is 3. The lowest BCUT2D eigenvalue weighted by Crippen LogP contribution is -2.65. The van der Waals surface area contributed by atoms with Gasteiger partial charge in [0.1, 0.15) is 17.4 Å². The molecule has 1 aromatic heterocycles. The van der Waals surface area contributed by atoms with Crippen molar-refractivity contribution in [3.8, 4) is 11.6 Å². The molecule has 2 aromatic rings. The molecule has 2 N–H and O–H groups in total. The van der Waals surface area contributed by atoms with E-state index in [1.807, 2.05) is 0 Å². The number of esters is 1. The van der Waals surface area contributed by atoms with Crippen molar-refractivity contribution in [1.82, 2.24) is 15.6 Å². The monoisotopic (exact) mass is 597 g/mol. The maximum absolute atomic E-state index is 13.7. The molecule has 0 radical (unpaired) electrons. The van der Waals surface area contributed by atoms with E-state index in [4.69, 9.17) is 37.4 Å². The molecule has 1 aromatic carbocycles. The van der Waals surface area contributed by atoms with Gasteiger partial charge < -0.3 is 24.8 Å². The van der Waals surface area contributed by atoms with Gasteiger partial charge >= 0.3 is 5.97 Å². The van der Waals surface area contributed by atoms with Crippen LogP contribution in [0.25, 0.3) is 0 Å². The summed E-state index contributed by atoms with van der Waals surface area (Å²) < 4.78 is 43.2. The van der Waals surface area contributed by atoms with Crippen molar-refractivity contribution < 1.29 is 37.4 Å². The topological polar surface area (TPSA) is 116 Å². The molecule has 1 heterocycles. The molecule has 0 aliphatic heterocycles. The first kappa shape index (κ1) is 29.5. The lowest BCUT2D eigenvalue weighted by atomic mass is 9.58. The third kappa shape index (κ3) is 7.00. The Balaban J connectivity index is 1.42. The number of nitrogens with one attached hydrogen (secondary N) is 2. The zero-order valence-electron chi connectivity index (χ0n) is 21.5. The van der Waals surface area contributed by atoms with E-state index < -0.39 is 47.1 Å². The van der Waals surface area contributed by atoms with E-state index in [9.17, 15) is 23.2 Å². The minimum absolute atomic E-state index is 0.0634. The predicted molar refractivity (Wildman–Crippen MR) is 141 cm³/mol. The molecule has 214 valence electrons. The summed E-state index contributed by atoms with van der Waals surface area (Å²) in [4.78, 5) is 41.8. The van der Waals surface area contributed by atoms with Gasteiger partial charge in [-0.2, -0.15) is 0 Å². The standard InChI is InChI=1S/C27H27Cl2F2N3O6/c1-2-38-25(37)9-16-12-26(33-22(35)15-40-24-11-21(31)19(29)13-32-24)5-7-27(16,8-6-26)34-23(36)14-39-17-3-4-18(28)20(30)10-17/h3-4,9-11,13H,2,5-8,12,14-15H2,1H3,(H,33,35)(H,34,36)/b16-9+. The first-order valence-corrected chi connectivity index (χ1v) is 13.3. The second-order valence-electron chi connectivity index (χ2n) is 9.65. The van der Waals surface area contributed by atoms with Crippen LogP contribution in [-0.4, -0.2) is 53.7 Å². The van der Waals surface area contributed by atoms with Gasteiger partial charge in [0.25, 0.3) is 11.8 Å². The quantitative estimate of drug-likeness (QED) is 0.310. The Hall–Kier alpha value is -3.44. The van der Waals surface area contributed by atoms with Crippen LogP contribution in [-0.2, 0) is 19.1 Å². The van der Waals surface area contributed by atoms with Gasteiger partial charge in [-0.3, -0.25) is 9.59 Å². The fourth-order valence-corrected chi connectivity index (χ4v) is 5.26. The Kier molecular flexibility index (Phi) is 9.15. The fourth-order valence-electron chi connectivity index (χ4n) is 5.04. The minimum atomic E-state index is -0.841. The molecule has 5 rings (SSSR count). The van der Waals surface area contributed by atoms with Gasteiger partial charge in [0, 0.05) is 23.7 Å². The smallest absolute Gasteiger partial charge is 0.330 e. The number of nitrogens with zero attached hydrogens (tertiary/aromatic N) is 1. The number of hydrogen-bond acceptors (Lipinski definition) is 7. The molecule has 0 saturated heterocycles. The third-order valence-corrected chi connectivity index (χ3v) is 7.55. The minimum Gasteiger partial charge on any atom is -0.484 e. The number of carbonyl (C=O) groups excluding carboxylic acids is 3. The van der Waals surface area contributed by atoms with Crippen molar-refractivity contribution in [3.63, 3.8) is 0 Å². The number of amides is 2. The first-order chi connectivity index (χ1) is 19.0. The predicted octanol–water partition coefficient (Wildman–Crippen LogP) is 4.30. The summed E-state index contributed by atoms with van der Waals surface area (Å²) in [5.41, 5.74) is -0.912. The number of pyridine rings is 1. The highest BCUT2D eigenvalue weighted by Crippen LogP contribution is 2.50. The Bertz CT molecular complexity index is 1330. The number of hydrogen-bond donors (Lipinski definition) is 2. The normalized spacial score (nSPS) is 22.5. The molecule has 3 aliphatic rings. The molecule has 3 aliphatic carbocycles. The zero-order valence-corrected chi connectivity index (χ0v) is 23.0. The zero-order chi connectivity index (χ0) is 28.9. The second-order valence-corrected chi connectivity index (χ2v) is 10.5. The Morgan fingerprint density at radius 2 is 1.65 bits per heavy atom. The van der Waals surface area contributed by atoms with Crippen LogP contribution in [0.15, 0.2) is 42.1 Å². The summed E-state index contributed by atoms with van der Waals surface area (Å²) in [5, 5.41) is 5.75. The summed E-state index contributed by atoms with van der Waals surface area (Å²) >= 11 is 11.3. The average molecular weight is 598 g/mol. The maximum Gasteiger partial charge on any atom is 0.330 e. The lowest BCUT2D eigenvalue weighted by Gasteiger charge is -2.55. The largest absolute Gasteiger partial charge is 0.484 e. The molecule has 0 spiro atoms. The lowest BCUT2D eigenvalue weighted by molar-refractivity contribution is -0.137. The van der Waals surface area contributed by atoms with Crippen LogP contribution < -0.4 is 20.1 Å². The van der Waals surface area contributed by atoms with Crippen molar-refractivity contribution in [2.24, 2.45) is 0 Å². The van der Waals surface area contributed by atoms with E-state index in [0.717, 1.165) is 18.3 Å².